The van der Waals surface area contributed by atoms with Crippen LogP contribution in [0.15, 0.2) is 12.1 Å². The van der Waals surface area contributed by atoms with Gasteiger partial charge in [-0.05, 0) is 25.5 Å². The number of nitrogens with one attached hydrogen (secondary N) is 1. The standard InChI is InChI=1S/C13H15FN2O/c1-9-12(14)4-11(6-15)5-13(9)16-7-10-2-3-17-8-10/h4-5,10,16H,2-3,7-8H2,1H3. The van der Waals surface area contributed by atoms with Gasteiger partial charge in [0.15, 0.2) is 0 Å². The van der Waals surface area contributed by atoms with Gasteiger partial charge in [-0.25, -0.2) is 4.39 Å². The summed E-state index contributed by atoms with van der Waals surface area (Å²) in [5, 5.41) is 12.0. The van der Waals surface area contributed by atoms with Gasteiger partial charge in [0.1, 0.15) is 5.82 Å². The molecule has 1 aliphatic heterocycles. The monoisotopic (exact) mass is 234 g/mol. The maximum atomic E-state index is 13.5. The second kappa shape index (κ2) is 5.15. The van der Waals surface area contributed by atoms with Crippen LogP contribution in [0.4, 0.5) is 10.1 Å². The van der Waals surface area contributed by atoms with Crippen molar-refractivity contribution < 1.29 is 9.13 Å². The van der Waals surface area contributed by atoms with Crippen molar-refractivity contribution in [2.24, 2.45) is 5.92 Å². The average Bonchev–Trinajstić information content (AvgIpc) is 2.84. The second-order valence-corrected chi connectivity index (χ2v) is 4.35. The van der Waals surface area contributed by atoms with Gasteiger partial charge in [-0.3, -0.25) is 0 Å². The minimum absolute atomic E-state index is 0.339. The maximum Gasteiger partial charge on any atom is 0.129 e. The van der Waals surface area contributed by atoms with E-state index in [0.717, 1.165) is 26.2 Å². The highest BCUT2D eigenvalue weighted by atomic mass is 19.1. The molecule has 0 aliphatic carbocycles. The predicted octanol–water partition coefficient (Wildman–Crippen LogP) is 2.45. The fourth-order valence-electron chi connectivity index (χ4n) is 1.93. The van der Waals surface area contributed by atoms with E-state index in [2.05, 4.69) is 5.32 Å². The Labute approximate surface area is 100 Å². The van der Waals surface area contributed by atoms with Gasteiger partial charge >= 0.3 is 0 Å². The molecule has 1 heterocycles. The molecule has 0 radical (unpaired) electrons. The molecule has 1 unspecified atom stereocenters. The van der Waals surface area contributed by atoms with E-state index in [1.165, 1.54) is 6.07 Å². The second-order valence-electron chi connectivity index (χ2n) is 4.35. The summed E-state index contributed by atoms with van der Waals surface area (Å²) in [5.41, 5.74) is 1.61. The van der Waals surface area contributed by atoms with Gasteiger partial charge in [0.2, 0.25) is 0 Å². The Morgan fingerprint density at radius 1 is 1.59 bits per heavy atom. The number of rotatable bonds is 3. The Balaban J connectivity index is 2.09. The third-order valence-electron chi connectivity index (χ3n) is 3.08. The van der Waals surface area contributed by atoms with Gasteiger partial charge in [-0.2, -0.15) is 5.26 Å². The molecule has 1 saturated heterocycles. The van der Waals surface area contributed by atoms with Gasteiger partial charge in [-0.15, -0.1) is 0 Å². The number of halogens is 1. The van der Waals surface area contributed by atoms with Crippen molar-refractivity contribution in [1.29, 1.82) is 5.26 Å². The predicted molar refractivity (Wildman–Crippen MR) is 63.3 cm³/mol. The lowest BCUT2D eigenvalue weighted by molar-refractivity contribution is 0.187. The summed E-state index contributed by atoms with van der Waals surface area (Å²) in [5.74, 6) is 0.137. The molecule has 90 valence electrons. The van der Waals surface area contributed by atoms with Crippen molar-refractivity contribution in [1.82, 2.24) is 0 Å². The van der Waals surface area contributed by atoms with E-state index in [4.69, 9.17) is 10.00 Å². The molecule has 1 atom stereocenters. The summed E-state index contributed by atoms with van der Waals surface area (Å²) in [6.07, 6.45) is 1.03. The number of hydrogen-bond acceptors (Lipinski definition) is 3. The Morgan fingerprint density at radius 2 is 2.41 bits per heavy atom. The lowest BCUT2D eigenvalue weighted by atomic mass is 10.1. The number of ether oxygens (including phenoxy) is 1. The van der Waals surface area contributed by atoms with Crippen molar-refractivity contribution in [2.45, 2.75) is 13.3 Å². The normalized spacial score (nSPS) is 19.0. The number of anilines is 1. The van der Waals surface area contributed by atoms with Crippen molar-refractivity contribution in [3.8, 4) is 6.07 Å². The van der Waals surface area contributed by atoms with Crippen LogP contribution >= 0.6 is 0 Å². The van der Waals surface area contributed by atoms with E-state index in [1.807, 2.05) is 6.07 Å². The molecule has 0 bridgehead atoms. The molecule has 0 aromatic heterocycles. The van der Waals surface area contributed by atoms with E-state index in [-0.39, 0.29) is 5.82 Å². The fraction of sp³-hybridized carbons (Fsp3) is 0.462. The highest BCUT2D eigenvalue weighted by molar-refractivity contribution is 5.55. The van der Waals surface area contributed by atoms with Crippen LogP contribution in [0.3, 0.4) is 0 Å². The van der Waals surface area contributed by atoms with Crippen molar-refractivity contribution >= 4 is 5.69 Å². The highest BCUT2D eigenvalue weighted by Gasteiger charge is 2.16. The Bertz CT molecular complexity index is 447. The van der Waals surface area contributed by atoms with Crippen molar-refractivity contribution in [2.75, 3.05) is 25.1 Å². The quantitative estimate of drug-likeness (QED) is 0.873. The van der Waals surface area contributed by atoms with Gasteiger partial charge in [0.25, 0.3) is 0 Å². The van der Waals surface area contributed by atoms with Crippen LogP contribution in [-0.4, -0.2) is 19.8 Å². The van der Waals surface area contributed by atoms with Gasteiger partial charge in [0, 0.05) is 30.3 Å². The number of nitriles is 1. The number of benzene rings is 1. The lowest BCUT2D eigenvalue weighted by Gasteiger charge is -2.13. The molecular weight excluding hydrogens is 219 g/mol. The molecule has 17 heavy (non-hydrogen) atoms. The van der Waals surface area contributed by atoms with E-state index >= 15 is 0 Å². The zero-order valence-electron chi connectivity index (χ0n) is 9.79. The van der Waals surface area contributed by atoms with Crippen LogP contribution < -0.4 is 5.32 Å². The maximum absolute atomic E-state index is 13.5. The van der Waals surface area contributed by atoms with Gasteiger partial charge in [-0.1, -0.05) is 0 Å². The molecule has 3 nitrogen and oxygen atoms in total. The van der Waals surface area contributed by atoms with Crippen LogP contribution in [-0.2, 0) is 4.74 Å². The topological polar surface area (TPSA) is 45.0 Å². The minimum Gasteiger partial charge on any atom is -0.384 e. The SMILES string of the molecule is Cc1c(F)cc(C#N)cc1NCC1CCOC1. The number of nitrogens with zero attached hydrogens (tertiary/aromatic N) is 1. The molecule has 1 aromatic rings. The lowest BCUT2D eigenvalue weighted by Crippen LogP contribution is -2.15. The van der Waals surface area contributed by atoms with Gasteiger partial charge < -0.3 is 10.1 Å². The fourth-order valence-corrected chi connectivity index (χ4v) is 1.93. The summed E-state index contributed by atoms with van der Waals surface area (Å²) in [7, 11) is 0. The summed E-state index contributed by atoms with van der Waals surface area (Å²) in [4.78, 5) is 0. The first-order chi connectivity index (χ1) is 8.20. The van der Waals surface area contributed by atoms with E-state index < -0.39 is 0 Å². The Kier molecular flexibility index (Phi) is 3.60. The summed E-state index contributed by atoms with van der Waals surface area (Å²) in [6.45, 7) is 4.03. The highest BCUT2D eigenvalue weighted by Crippen LogP contribution is 2.21. The largest absolute Gasteiger partial charge is 0.384 e. The first-order valence-electron chi connectivity index (χ1n) is 5.72. The summed E-state index contributed by atoms with van der Waals surface area (Å²) < 4.78 is 18.8. The molecule has 4 heteroatoms. The molecule has 0 spiro atoms. The third-order valence-corrected chi connectivity index (χ3v) is 3.08. The van der Waals surface area contributed by atoms with Crippen LogP contribution in [0.5, 0.6) is 0 Å². The van der Waals surface area contributed by atoms with Crippen LogP contribution in [0.2, 0.25) is 0 Å². The van der Waals surface area contributed by atoms with Crippen molar-refractivity contribution in [3.05, 3.63) is 29.1 Å². The molecule has 1 aliphatic rings. The molecule has 0 amide bonds. The first kappa shape index (κ1) is 11.9. The van der Waals surface area contributed by atoms with Gasteiger partial charge in [0.05, 0.1) is 18.2 Å². The van der Waals surface area contributed by atoms with Crippen LogP contribution in [0.1, 0.15) is 17.5 Å². The zero-order chi connectivity index (χ0) is 12.3. The zero-order valence-corrected chi connectivity index (χ0v) is 9.79. The van der Waals surface area contributed by atoms with Crippen molar-refractivity contribution in [3.63, 3.8) is 0 Å². The molecule has 1 fully saturated rings. The summed E-state index contributed by atoms with van der Waals surface area (Å²) >= 11 is 0. The average molecular weight is 234 g/mol. The smallest absolute Gasteiger partial charge is 0.129 e. The molecule has 0 saturated carbocycles. The molecule has 1 N–H and O–H groups in total. The molecular formula is C13H15FN2O. The summed E-state index contributed by atoms with van der Waals surface area (Å²) in [6, 6.07) is 4.91. The minimum atomic E-state index is -0.339. The van der Waals surface area contributed by atoms with Crippen LogP contribution in [0.25, 0.3) is 0 Å². The van der Waals surface area contributed by atoms with E-state index in [9.17, 15) is 4.39 Å². The van der Waals surface area contributed by atoms with E-state index in [1.54, 1.807) is 13.0 Å². The Morgan fingerprint density at radius 3 is 3.06 bits per heavy atom. The molecule has 2 rings (SSSR count). The third kappa shape index (κ3) is 2.75. The molecule has 1 aromatic carbocycles. The first-order valence-corrected chi connectivity index (χ1v) is 5.72. The number of hydrogen-bond donors (Lipinski definition) is 1. The van der Waals surface area contributed by atoms with Crippen LogP contribution in [0, 0.1) is 30.0 Å². The van der Waals surface area contributed by atoms with E-state index in [0.29, 0.717) is 22.7 Å². The Hall–Kier alpha value is -1.60.